The van der Waals surface area contributed by atoms with Crippen LogP contribution < -0.4 is 11.2 Å². The van der Waals surface area contributed by atoms with Crippen molar-refractivity contribution in [1.82, 2.24) is 9.13 Å². The van der Waals surface area contributed by atoms with Crippen LogP contribution in [0, 0.1) is 5.82 Å². The summed E-state index contributed by atoms with van der Waals surface area (Å²) in [4.78, 5) is 23.9. The molecule has 3 heterocycles. The topological polar surface area (TPSA) is 70.3 Å². The first-order valence-corrected chi connectivity index (χ1v) is 5.30. The van der Waals surface area contributed by atoms with Gasteiger partial charge in [-0.3, -0.25) is 4.79 Å². The highest BCUT2D eigenvalue weighted by molar-refractivity contribution is 5.22. The van der Waals surface area contributed by atoms with Gasteiger partial charge in [0.05, 0.1) is 18.7 Å². The van der Waals surface area contributed by atoms with Gasteiger partial charge in [0.15, 0.2) is 0 Å². The Morgan fingerprint density at radius 2 is 1.63 bits per heavy atom. The van der Waals surface area contributed by atoms with Crippen LogP contribution in [-0.2, 0) is 0 Å². The molecule has 0 radical (unpaired) electrons. The van der Waals surface area contributed by atoms with Gasteiger partial charge >= 0.3 is 5.69 Å². The van der Waals surface area contributed by atoms with Gasteiger partial charge < -0.3 is 8.83 Å². The lowest BCUT2D eigenvalue weighted by molar-refractivity contribution is 0.481. The van der Waals surface area contributed by atoms with Crippen LogP contribution in [0.1, 0.15) is 0 Å². The maximum absolute atomic E-state index is 13.6. The predicted octanol–water partition coefficient (Wildman–Crippen LogP) is 1.31. The summed E-state index contributed by atoms with van der Waals surface area (Å²) in [6.45, 7) is 0. The molecule has 0 fully saturated rings. The molecule has 7 heteroatoms. The molecule has 0 unspecified atom stereocenters. The molecule has 0 aliphatic heterocycles. The zero-order chi connectivity index (χ0) is 13.4. The lowest BCUT2D eigenvalue weighted by Crippen LogP contribution is -2.39. The first-order valence-electron chi connectivity index (χ1n) is 5.30. The minimum Gasteiger partial charge on any atom is -0.448 e. The molecule has 0 saturated carbocycles. The smallest absolute Gasteiger partial charge is 0.345 e. The third kappa shape index (κ3) is 1.71. The molecule has 0 amide bonds. The van der Waals surface area contributed by atoms with Crippen molar-refractivity contribution in [2.45, 2.75) is 0 Å². The van der Waals surface area contributed by atoms with Gasteiger partial charge in [0, 0.05) is 12.1 Å². The standard InChI is InChI=1S/C12H7FN2O4/c13-8-7-14(9-3-1-5-18-9)12(17)15(11(8)16)10-4-2-6-19-10/h1-7H. The van der Waals surface area contributed by atoms with Gasteiger partial charge in [-0.05, 0) is 12.1 Å². The Kier molecular flexibility index (Phi) is 2.45. The molecule has 0 N–H and O–H groups in total. The largest absolute Gasteiger partial charge is 0.448 e. The summed E-state index contributed by atoms with van der Waals surface area (Å²) in [6, 6.07) is 5.89. The summed E-state index contributed by atoms with van der Waals surface area (Å²) in [6.07, 6.45) is 3.40. The number of nitrogens with zero attached hydrogens (tertiary/aromatic N) is 2. The maximum atomic E-state index is 13.6. The van der Waals surface area contributed by atoms with E-state index in [2.05, 4.69) is 0 Å². The summed E-state index contributed by atoms with van der Waals surface area (Å²) in [5, 5.41) is 0. The third-order valence-corrected chi connectivity index (χ3v) is 2.52. The van der Waals surface area contributed by atoms with E-state index in [-0.39, 0.29) is 11.8 Å². The molecular weight excluding hydrogens is 255 g/mol. The van der Waals surface area contributed by atoms with Crippen LogP contribution in [0.25, 0.3) is 11.8 Å². The Morgan fingerprint density at radius 1 is 1.00 bits per heavy atom. The summed E-state index contributed by atoms with van der Waals surface area (Å²) >= 11 is 0. The van der Waals surface area contributed by atoms with E-state index in [4.69, 9.17) is 8.83 Å². The Labute approximate surface area is 104 Å². The van der Waals surface area contributed by atoms with Crippen molar-refractivity contribution in [3.05, 3.63) is 69.6 Å². The second-order valence-electron chi connectivity index (χ2n) is 3.67. The molecular formula is C12H7FN2O4. The first kappa shape index (κ1) is 11.3. The van der Waals surface area contributed by atoms with Gasteiger partial charge in [0.25, 0.3) is 5.56 Å². The van der Waals surface area contributed by atoms with Gasteiger partial charge in [0.2, 0.25) is 17.6 Å². The molecule has 3 aromatic heterocycles. The van der Waals surface area contributed by atoms with E-state index >= 15 is 0 Å². The van der Waals surface area contributed by atoms with Crippen LogP contribution in [0.2, 0.25) is 0 Å². The van der Waals surface area contributed by atoms with Gasteiger partial charge in [-0.2, -0.15) is 8.96 Å². The van der Waals surface area contributed by atoms with E-state index in [1.165, 1.54) is 30.7 Å². The van der Waals surface area contributed by atoms with E-state index < -0.39 is 17.1 Å². The summed E-state index contributed by atoms with van der Waals surface area (Å²) in [7, 11) is 0. The van der Waals surface area contributed by atoms with Crippen molar-refractivity contribution in [2.75, 3.05) is 0 Å². The molecule has 6 nitrogen and oxygen atoms in total. The van der Waals surface area contributed by atoms with E-state index in [0.717, 1.165) is 10.8 Å². The van der Waals surface area contributed by atoms with E-state index in [1.54, 1.807) is 6.07 Å². The molecule has 0 aliphatic rings. The fourth-order valence-corrected chi connectivity index (χ4v) is 1.68. The normalized spacial score (nSPS) is 10.8. The summed E-state index contributed by atoms with van der Waals surface area (Å²) in [5.74, 6) is -1.05. The van der Waals surface area contributed by atoms with Crippen LogP contribution in [0.15, 0.2) is 61.4 Å². The molecule has 3 rings (SSSR count). The Hall–Kier alpha value is -2.83. The second-order valence-corrected chi connectivity index (χ2v) is 3.67. The van der Waals surface area contributed by atoms with Crippen LogP contribution in [-0.4, -0.2) is 9.13 Å². The SMILES string of the molecule is O=c1c(F)cn(-c2ccco2)c(=O)n1-c1ccco1. The van der Waals surface area contributed by atoms with Crippen molar-refractivity contribution >= 4 is 0 Å². The highest BCUT2D eigenvalue weighted by Crippen LogP contribution is 2.07. The molecule has 19 heavy (non-hydrogen) atoms. The van der Waals surface area contributed by atoms with Crippen molar-refractivity contribution in [2.24, 2.45) is 0 Å². The van der Waals surface area contributed by atoms with Crippen LogP contribution in [0.3, 0.4) is 0 Å². The Bertz CT molecular complexity index is 813. The highest BCUT2D eigenvalue weighted by atomic mass is 19.1. The van der Waals surface area contributed by atoms with Gasteiger partial charge in [-0.25, -0.2) is 9.36 Å². The molecule has 0 aromatic carbocycles. The van der Waals surface area contributed by atoms with Crippen LogP contribution in [0.4, 0.5) is 4.39 Å². The average Bonchev–Trinajstić information content (AvgIpc) is 3.06. The van der Waals surface area contributed by atoms with Crippen molar-refractivity contribution in [3.8, 4) is 11.8 Å². The molecule has 0 bridgehead atoms. The monoisotopic (exact) mass is 262 g/mol. The number of furan rings is 2. The average molecular weight is 262 g/mol. The van der Waals surface area contributed by atoms with E-state index in [0.29, 0.717) is 4.57 Å². The fraction of sp³-hybridized carbons (Fsp3) is 0. The Morgan fingerprint density at radius 3 is 2.21 bits per heavy atom. The zero-order valence-electron chi connectivity index (χ0n) is 9.45. The predicted molar refractivity (Wildman–Crippen MR) is 62.1 cm³/mol. The molecule has 96 valence electrons. The lowest BCUT2D eigenvalue weighted by Gasteiger charge is -2.05. The lowest BCUT2D eigenvalue weighted by atomic mass is 10.5. The quantitative estimate of drug-likeness (QED) is 0.698. The van der Waals surface area contributed by atoms with Gasteiger partial charge in [-0.15, -0.1) is 0 Å². The number of hydrogen-bond donors (Lipinski definition) is 0. The van der Waals surface area contributed by atoms with Gasteiger partial charge in [-0.1, -0.05) is 0 Å². The van der Waals surface area contributed by atoms with E-state index in [1.807, 2.05) is 0 Å². The van der Waals surface area contributed by atoms with Crippen molar-refractivity contribution in [1.29, 1.82) is 0 Å². The molecule has 0 aliphatic carbocycles. The second kappa shape index (κ2) is 4.13. The number of rotatable bonds is 2. The van der Waals surface area contributed by atoms with Crippen LogP contribution in [0.5, 0.6) is 0 Å². The van der Waals surface area contributed by atoms with Crippen molar-refractivity contribution in [3.63, 3.8) is 0 Å². The summed E-state index contributed by atoms with van der Waals surface area (Å²) in [5.41, 5.74) is -1.86. The number of halogens is 1. The Balaban J connectivity index is 2.37. The van der Waals surface area contributed by atoms with Gasteiger partial charge in [0.1, 0.15) is 0 Å². The maximum Gasteiger partial charge on any atom is 0.345 e. The third-order valence-electron chi connectivity index (χ3n) is 2.52. The van der Waals surface area contributed by atoms with Crippen LogP contribution >= 0.6 is 0 Å². The first-order chi connectivity index (χ1) is 9.18. The minimum absolute atomic E-state index is 0.0604. The number of aromatic nitrogens is 2. The van der Waals surface area contributed by atoms with Crippen molar-refractivity contribution < 1.29 is 13.2 Å². The van der Waals surface area contributed by atoms with E-state index in [9.17, 15) is 14.0 Å². The minimum atomic E-state index is -1.09. The highest BCUT2D eigenvalue weighted by Gasteiger charge is 2.16. The zero-order valence-corrected chi connectivity index (χ0v) is 9.45. The molecule has 0 atom stereocenters. The molecule has 0 saturated heterocycles. The number of hydrogen-bond acceptors (Lipinski definition) is 4. The summed E-state index contributed by atoms with van der Waals surface area (Å²) < 4.78 is 25.1. The molecule has 0 spiro atoms. The molecule has 3 aromatic rings. The fourth-order valence-electron chi connectivity index (χ4n) is 1.68.